The zero-order valence-electron chi connectivity index (χ0n) is 12.8. The van der Waals surface area contributed by atoms with Gasteiger partial charge in [-0.1, -0.05) is 26.7 Å². The lowest BCUT2D eigenvalue weighted by Gasteiger charge is -2.14. The lowest BCUT2D eigenvalue weighted by atomic mass is 10.0. The van der Waals surface area contributed by atoms with Crippen molar-refractivity contribution in [3.63, 3.8) is 0 Å². The molecular weight excluding hydrogens is 292 g/mol. The van der Waals surface area contributed by atoms with Gasteiger partial charge in [-0.25, -0.2) is 13.1 Å². The third-order valence-electron chi connectivity index (χ3n) is 3.22. The lowest BCUT2D eigenvalue weighted by Crippen LogP contribution is -2.32. The number of aryl methyl sites for hydroxylation is 1. The Morgan fingerprint density at radius 3 is 2.45 bits per heavy atom. The van der Waals surface area contributed by atoms with Crippen molar-refractivity contribution in [1.29, 1.82) is 0 Å². The molecule has 1 aromatic heterocycles. The molecule has 0 aliphatic rings. The molecule has 3 N–H and O–H groups in total. The van der Waals surface area contributed by atoms with Gasteiger partial charge in [0.25, 0.3) is 0 Å². The molecule has 0 radical (unpaired) electrons. The van der Waals surface area contributed by atoms with E-state index in [4.69, 9.17) is 5.73 Å². The summed E-state index contributed by atoms with van der Waals surface area (Å²) >= 11 is 1.26. The summed E-state index contributed by atoms with van der Waals surface area (Å²) in [7, 11) is -3.41. The van der Waals surface area contributed by atoms with Gasteiger partial charge in [-0.05, 0) is 37.8 Å². The maximum absolute atomic E-state index is 12.3. The van der Waals surface area contributed by atoms with Crippen LogP contribution in [0.3, 0.4) is 0 Å². The van der Waals surface area contributed by atoms with E-state index >= 15 is 0 Å². The maximum atomic E-state index is 12.3. The van der Waals surface area contributed by atoms with Crippen LogP contribution in [0.25, 0.3) is 0 Å². The second kappa shape index (κ2) is 7.54. The van der Waals surface area contributed by atoms with Crippen LogP contribution in [0.1, 0.15) is 50.5 Å². The van der Waals surface area contributed by atoms with E-state index in [1.54, 1.807) is 6.07 Å². The molecule has 1 heterocycles. The average Bonchev–Trinajstić information content (AvgIpc) is 2.70. The number of sulfonamides is 1. The molecule has 1 atom stereocenters. The Labute approximate surface area is 126 Å². The number of hydrogen-bond donors (Lipinski definition) is 2. The number of nitrogens with two attached hydrogens (primary N) is 1. The highest BCUT2D eigenvalue weighted by molar-refractivity contribution is 7.91. The van der Waals surface area contributed by atoms with Crippen molar-refractivity contribution >= 4 is 21.4 Å². The SMILES string of the molecule is Cc1cc(S(=O)(=O)NC(C)CCCC(C)C)sc1CN. The van der Waals surface area contributed by atoms with E-state index in [1.807, 2.05) is 13.8 Å². The predicted molar refractivity (Wildman–Crippen MR) is 85.4 cm³/mol. The number of thiophene rings is 1. The van der Waals surface area contributed by atoms with Gasteiger partial charge in [-0.15, -0.1) is 11.3 Å². The monoisotopic (exact) mass is 318 g/mol. The first kappa shape index (κ1) is 17.6. The fraction of sp³-hybridized carbons (Fsp3) is 0.714. The van der Waals surface area contributed by atoms with Crippen molar-refractivity contribution in [3.8, 4) is 0 Å². The molecule has 1 unspecified atom stereocenters. The van der Waals surface area contributed by atoms with E-state index in [2.05, 4.69) is 18.6 Å². The zero-order chi connectivity index (χ0) is 15.3. The number of rotatable bonds is 8. The summed E-state index contributed by atoms with van der Waals surface area (Å²) in [6.07, 6.45) is 3.03. The molecular formula is C14H26N2O2S2. The third kappa shape index (κ3) is 5.16. The largest absolute Gasteiger partial charge is 0.326 e. The molecule has 0 saturated carbocycles. The maximum Gasteiger partial charge on any atom is 0.250 e. The Hall–Kier alpha value is -0.430. The van der Waals surface area contributed by atoms with Crippen LogP contribution in [0.2, 0.25) is 0 Å². The van der Waals surface area contributed by atoms with Gasteiger partial charge in [0.05, 0.1) is 0 Å². The van der Waals surface area contributed by atoms with Gasteiger partial charge in [0.15, 0.2) is 0 Å². The van der Waals surface area contributed by atoms with E-state index < -0.39 is 10.0 Å². The fourth-order valence-corrected chi connectivity index (χ4v) is 4.80. The summed E-state index contributed by atoms with van der Waals surface area (Å²) in [5.41, 5.74) is 6.55. The van der Waals surface area contributed by atoms with Crippen molar-refractivity contribution < 1.29 is 8.42 Å². The Morgan fingerprint density at radius 1 is 1.30 bits per heavy atom. The molecule has 4 nitrogen and oxygen atoms in total. The van der Waals surface area contributed by atoms with Gasteiger partial charge in [0, 0.05) is 17.5 Å². The van der Waals surface area contributed by atoms with E-state index in [1.165, 1.54) is 11.3 Å². The van der Waals surface area contributed by atoms with Gasteiger partial charge >= 0.3 is 0 Å². The topological polar surface area (TPSA) is 72.2 Å². The van der Waals surface area contributed by atoms with Gasteiger partial charge < -0.3 is 5.73 Å². The minimum absolute atomic E-state index is 0.0394. The Morgan fingerprint density at radius 2 is 1.95 bits per heavy atom. The molecule has 0 amide bonds. The molecule has 0 aliphatic heterocycles. The standard InChI is InChI=1S/C14H26N2O2S2/c1-10(2)6-5-7-12(4)16-20(17,18)14-8-11(3)13(9-15)19-14/h8,10,12,16H,5-7,9,15H2,1-4H3. The quantitative estimate of drug-likeness (QED) is 0.774. The summed E-state index contributed by atoms with van der Waals surface area (Å²) in [4.78, 5) is 0.929. The molecule has 1 rings (SSSR count). The molecule has 0 saturated heterocycles. The van der Waals surface area contributed by atoms with E-state index in [0.717, 1.165) is 29.7 Å². The minimum atomic E-state index is -3.41. The van der Waals surface area contributed by atoms with E-state index in [9.17, 15) is 8.42 Å². The first-order valence-corrected chi connectivity index (χ1v) is 9.38. The normalized spacial score (nSPS) is 13.9. The third-order valence-corrected chi connectivity index (χ3v) is 6.55. The van der Waals surface area contributed by atoms with Crippen LogP contribution < -0.4 is 10.5 Å². The summed E-state index contributed by atoms with van der Waals surface area (Å²) in [6, 6.07) is 1.67. The van der Waals surface area contributed by atoms with Gasteiger partial charge in [-0.2, -0.15) is 0 Å². The van der Waals surface area contributed by atoms with Crippen LogP contribution in [-0.4, -0.2) is 14.5 Å². The summed E-state index contributed by atoms with van der Waals surface area (Å²) in [6.45, 7) is 8.55. The molecule has 0 fully saturated rings. The van der Waals surface area contributed by atoms with Crippen molar-refractivity contribution in [2.45, 2.75) is 63.8 Å². The fourth-order valence-electron chi connectivity index (χ4n) is 2.04. The second-order valence-electron chi connectivity index (χ2n) is 5.72. The first-order valence-electron chi connectivity index (χ1n) is 7.08. The van der Waals surface area contributed by atoms with Crippen LogP contribution in [-0.2, 0) is 16.6 Å². The van der Waals surface area contributed by atoms with Crippen LogP contribution in [0.5, 0.6) is 0 Å². The predicted octanol–water partition coefficient (Wildman–Crippen LogP) is 3.01. The highest BCUT2D eigenvalue weighted by atomic mass is 32.2. The lowest BCUT2D eigenvalue weighted by molar-refractivity contribution is 0.489. The van der Waals surface area contributed by atoms with Crippen LogP contribution in [0.15, 0.2) is 10.3 Å². The smallest absolute Gasteiger partial charge is 0.250 e. The summed E-state index contributed by atoms with van der Waals surface area (Å²) in [5.74, 6) is 0.658. The molecule has 1 aromatic rings. The molecule has 0 aliphatic carbocycles. The Bertz CT molecular complexity index is 521. The molecule has 20 heavy (non-hydrogen) atoms. The highest BCUT2D eigenvalue weighted by Gasteiger charge is 2.20. The van der Waals surface area contributed by atoms with E-state index in [0.29, 0.717) is 16.7 Å². The van der Waals surface area contributed by atoms with Crippen molar-refractivity contribution in [3.05, 3.63) is 16.5 Å². The van der Waals surface area contributed by atoms with E-state index in [-0.39, 0.29) is 6.04 Å². The zero-order valence-corrected chi connectivity index (χ0v) is 14.4. The Balaban J connectivity index is 2.64. The minimum Gasteiger partial charge on any atom is -0.326 e. The van der Waals surface area contributed by atoms with Crippen molar-refractivity contribution in [2.24, 2.45) is 11.7 Å². The van der Waals surface area contributed by atoms with Crippen LogP contribution in [0.4, 0.5) is 0 Å². The van der Waals surface area contributed by atoms with Gasteiger partial charge in [-0.3, -0.25) is 0 Å². The van der Waals surface area contributed by atoms with Gasteiger partial charge in [0.1, 0.15) is 4.21 Å². The molecule has 0 spiro atoms. The summed E-state index contributed by atoms with van der Waals surface area (Å²) < 4.78 is 27.7. The molecule has 6 heteroatoms. The number of hydrogen-bond acceptors (Lipinski definition) is 4. The molecule has 0 bridgehead atoms. The number of nitrogens with one attached hydrogen (secondary N) is 1. The van der Waals surface area contributed by atoms with Gasteiger partial charge in [0.2, 0.25) is 10.0 Å². The highest BCUT2D eigenvalue weighted by Crippen LogP contribution is 2.25. The average molecular weight is 319 g/mol. The van der Waals surface area contributed by atoms with Crippen LogP contribution >= 0.6 is 11.3 Å². The summed E-state index contributed by atoms with van der Waals surface area (Å²) in [5, 5.41) is 0. The van der Waals surface area contributed by atoms with Crippen LogP contribution in [0, 0.1) is 12.8 Å². The first-order chi connectivity index (χ1) is 9.26. The van der Waals surface area contributed by atoms with Crippen molar-refractivity contribution in [2.75, 3.05) is 0 Å². The molecule has 116 valence electrons. The van der Waals surface area contributed by atoms with Crippen molar-refractivity contribution in [1.82, 2.24) is 4.72 Å². The second-order valence-corrected chi connectivity index (χ2v) is 8.80. The Kier molecular flexibility index (Phi) is 6.64. The molecule has 0 aromatic carbocycles.